The van der Waals surface area contributed by atoms with Gasteiger partial charge in [0.15, 0.2) is 5.78 Å². The van der Waals surface area contributed by atoms with Crippen molar-refractivity contribution in [3.05, 3.63) is 45.2 Å². The van der Waals surface area contributed by atoms with Crippen LogP contribution in [0.25, 0.3) is 0 Å². The first kappa shape index (κ1) is 14.8. The van der Waals surface area contributed by atoms with Crippen molar-refractivity contribution in [2.45, 2.75) is 26.7 Å². The smallest absolute Gasteiger partial charge is 0.169 e. The standard InChI is InChI=1S/C15H18BrN3O/c1-4-12-15(16)13(19(3)18-12)8-14(20)10-6-5-7-11(17)9(10)2/h5-7H,4,8,17H2,1-3H3. The fraction of sp³-hybridized carbons (Fsp3) is 0.333. The van der Waals surface area contributed by atoms with Crippen molar-refractivity contribution in [3.8, 4) is 0 Å². The molecule has 0 aliphatic heterocycles. The second-order valence-electron chi connectivity index (χ2n) is 4.80. The zero-order chi connectivity index (χ0) is 14.9. The molecule has 0 spiro atoms. The number of nitrogens with two attached hydrogens (primary N) is 1. The van der Waals surface area contributed by atoms with E-state index in [1.807, 2.05) is 33.0 Å². The van der Waals surface area contributed by atoms with Crippen molar-refractivity contribution in [2.24, 2.45) is 7.05 Å². The number of nitrogen functional groups attached to an aromatic ring is 1. The van der Waals surface area contributed by atoms with Crippen LogP contribution in [0.15, 0.2) is 22.7 Å². The highest BCUT2D eigenvalue weighted by molar-refractivity contribution is 9.10. The number of carbonyl (C=O) groups excluding carboxylic acids is 1. The number of rotatable bonds is 4. The van der Waals surface area contributed by atoms with Crippen molar-refractivity contribution in [1.82, 2.24) is 9.78 Å². The van der Waals surface area contributed by atoms with Crippen LogP contribution in [0.3, 0.4) is 0 Å². The molecule has 0 bridgehead atoms. The van der Waals surface area contributed by atoms with E-state index in [9.17, 15) is 4.79 Å². The first-order valence-electron chi connectivity index (χ1n) is 6.54. The third-order valence-corrected chi connectivity index (χ3v) is 4.42. The number of anilines is 1. The van der Waals surface area contributed by atoms with Crippen molar-refractivity contribution in [3.63, 3.8) is 0 Å². The molecule has 0 saturated heterocycles. The molecule has 4 nitrogen and oxygen atoms in total. The summed E-state index contributed by atoms with van der Waals surface area (Å²) >= 11 is 3.54. The minimum atomic E-state index is 0.0566. The Morgan fingerprint density at radius 3 is 2.75 bits per heavy atom. The summed E-state index contributed by atoms with van der Waals surface area (Å²) in [6.07, 6.45) is 1.15. The number of nitrogens with zero attached hydrogens (tertiary/aromatic N) is 2. The van der Waals surface area contributed by atoms with E-state index in [0.29, 0.717) is 17.7 Å². The number of hydrogen-bond acceptors (Lipinski definition) is 3. The molecule has 20 heavy (non-hydrogen) atoms. The molecule has 106 valence electrons. The Hall–Kier alpha value is -1.62. The van der Waals surface area contributed by atoms with Gasteiger partial charge in [0.2, 0.25) is 0 Å². The van der Waals surface area contributed by atoms with Gasteiger partial charge in [0.25, 0.3) is 0 Å². The Bertz CT molecular complexity index is 661. The van der Waals surface area contributed by atoms with E-state index in [1.165, 1.54) is 0 Å². The zero-order valence-corrected chi connectivity index (χ0v) is 13.5. The molecule has 1 aromatic heterocycles. The second-order valence-corrected chi connectivity index (χ2v) is 5.60. The lowest BCUT2D eigenvalue weighted by Crippen LogP contribution is -2.10. The Morgan fingerprint density at radius 1 is 1.45 bits per heavy atom. The maximum atomic E-state index is 12.5. The fourth-order valence-corrected chi connectivity index (χ4v) is 2.97. The zero-order valence-electron chi connectivity index (χ0n) is 11.9. The van der Waals surface area contributed by atoms with E-state index >= 15 is 0 Å². The summed E-state index contributed by atoms with van der Waals surface area (Å²) in [5.74, 6) is 0.0566. The van der Waals surface area contributed by atoms with E-state index < -0.39 is 0 Å². The maximum Gasteiger partial charge on any atom is 0.169 e. The number of aromatic nitrogens is 2. The summed E-state index contributed by atoms with van der Waals surface area (Å²) in [5, 5.41) is 4.41. The van der Waals surface area contributed by atoms with Crippen LogP contribution in [0.4, 0.5) is 5.69 Å². The molecule has 0 amide bonds. The van der Waals surface area contributed by atoms with Crippen LogP contribution in [0, 0.1) is 6.92 Å². The second kappa shape index (κ2) is 5.79. The highest BCUT2D eigenvalue weighted by Gasteiger charge is 2.18. The average Bonchev–Trinajstić information content (AvgIpc) is 2.69. The molecule has 5 heteroatoms. The fourth-order valence-electron chi connectivity index (χ4n) is 2.21. The van der Waals surface area contributed by atoms with E-state index in [4.69, 9.17) is 5.73 Å². The molecule has 0 unspecified atom stereocenters. The average molecular weight is 336 g/mol. The van der Waals surface area contributed by atoms with Gasteiger partial charge in [-0.05, 0) is 40.9 Å². The van der Waals surface area contributed by atoms with Crippen LogP contribution in [-0.4, -0.2) is 15.6 Å². The third-order valence-electron chi connectivity index (χ3n) is 3.51. The molecule has 0 saturated carbocycles. The van der Waals surface area contributed by atoms with Gasteiger partial charge in [0, 0.05) is 18.3 Å². The van der Waals surface area contributed by atoms with Crippen molar-refractivity contribution < 1.29 is 4.79 Å². The van der Waals surface area contributed by atoms with Gasteiger partial charge >= 0.3 is 0 Å². The molecule has 0 fully saturated rings. The summed E-state index contributed by atoms with van der Waals surface area (Å²) in [5.41, 5.74) is 9.89. The summed E-state index contributed by atoms with van der Waals surface area (Å²) in [6, 6.07) is 5.44. The quantitative estimate of drug-likeness (QED) is 0.689. The maximum absolute atomic E-state index is 12.5. The number of hydrogen-bond donors (Lipinski definition) is 1. The van der Waals surface area contributed by atoms with E-state index in [0.717, 1.165) is 27.8 Å². The molecule has 2 aromatic rings. The number of halogens is 1. The first-order chi connectivity index (χ1) is 9.45. The molecule has 1 heterocycles. The lowest BCUT2D eigenvalue weighted by atomic mass is 10.00. The van der Waals surface area contributed by atoms with E-state index in [1.54, 1.807) is 10.7 Å². The molecule has 0 aliphatic carbocycles. The van der Waals surface area contributed by atoms with E-state index in [2.05, 4.69) is 21.0 Å². The van der Waals surface area contributed by atoms with Gasteiger partial charge in [0.1, 0.15) is 0 Å². The van der Waals surface area contributed by atoms with Crippen molar-refractivity contribution in [2.75, 3.05) is 5.73 Å². The van der Waals surface area contributed by atoms with Crippen LogP contribution in [0.5, 0.6) is 0 Å². The summed E-state index contributed by atoms with van der Waals surface area (Å²) < 4.78 is 2.69. The summed E-state index contributed by atoms with van der Waals surface area (Å²) in [4.78, 5) is 12.5. The number of benzene rings is 1. The number of ketones is 1. The highest BCUT2D eigenvalue weighted by atomic mass is 79.9. The Labute approximate surface area is 127 Å². The highest BCUT2D eigenvalue weighted by Crippen LogP contribution is 2.24. The van der Waals surface area contributed by atoms with Crippen molar-refractivity contribution >= 4 is 27.4 Å². The summed E-state index contributed by atoms with van der Waals surface area (Å²) in [6.45, 7) is 3.92. The molecule has 1 aromatic carbocycles. The molecule has 0 aliphatic rings. The Morgan fingerprint density at radius 2 is 2.15 bits per heavy atom. The molecule has 0 atom stereocenters. The van der Waals surface area contributed by atoms with Gasteiger partial charge in [-0.2, -0.15) is 5.10 Å². The Balaban J connectivity index is 2.33. The van der Waals surface area contributed by atoms with Crippen LogP contribution in [0.2, 0.25) is 0 Å². The molecule has 2 rings (SSSR count). The molecule has 0 radical (unpaired) electrons. The topological polar surface area (TPSA) is 60.9 Å². The van der Waals surface area contributed by atoms with Crippen LogP contribution in [0.1, 0.15) is 34.2 Å². The number of aryl methyl sites for hydroxylation is 2. The van der Waals surface area contributed by atoms with Gasteiger partial charge in [-0.15, -0.1) is 0 Å². The minimum Gasteiger partial charge on any atom is -0.398 e. The largest absolute Gasteiger partial charge is 0.398 e. The third kappa shape index (κ3) is 2.63. The predicted octanol–water partition coefficient (Wildman–Crippen LogP) is 3.06. The van der Waals surface area contributed by atoms with Crippen LogP contribution >= 0.6 is 15.9 Å². The predicted molar refractivity (Wildman–Crippen MR) is 83.9 cm³/mol. The minimum absolute atomic E-state index is 0.0566. The lowest BCUT2D eigenvalue weighted by Gasteiger charge is -2.08. The van der Waals surface area contributed by atoms with Gasteiger partial charge in [0.05, 0.1) is 22.3 Å². The van der Waals surface area contributed by atoms with Crippen LogP contribution in [-0.2, 0) is 19.9 Å². The first-order valence-corrected chi connectivity index (χ1v) is 7.33. The van der Waals surface area contributed by atoms with Gasteiger partial charge in [-0.1, -0.05) is 19.1 Å². The Kier molecular flexibility index (Phi) is 4.28. The van der Waals surface area contributed by atoms with E-state index in [-0.39, 0.29) is 5.78 Å². The van der Waals surface area contributed by atoms with Gasteiger partial charge in [-0.25, -0.2) is 0 Å². The van der Waals surface area contributed by atoms with Crippen LogP contribution < -0.4 is 5.73 Å². The monoisotopic (exact) mass is 335 g/mol. The summed E-state index contributed by atoms with van der Waals surface area (Å²) in [7, 11) is 1.86. The molecular weight excluding hydrogens is 318 g/mol. The SMILES string of the molecule is CCc1nn(C)c(CC(=O)c2cccc(N)c2C)c1Br. The number of Topliss-reactive ketones (excluding diaryl/α,β-unsaturated/α-hetero) is 1. The van der Waals surface area contributed by atoms with Gasteiger partial charge < -0.3 is 5.73 Å². The molecular formula is C15H18BrN3O. The van der Waals surface area contributed by atoms with Gasteiger partial charge in [-0.3, -0.25) is 9.48 Å². The molecule has 2 N–H and O–H groups in total. The number of carbonyl (C=O) groups is 1. The lowest BCUT2D eigenvalue weighted by molar-refractivity contribution is 0.0990. The van der Waals surface area contributed by atoms with Crippen molar-refractivity contribution in [1.29, 1.82) is 0 Å². The normalized spacial score (nSPS) is 10.8.